The van der Waals surface area contributed by atoms with Crippen LogP contribution in [0.5, 0.6) is 11.5 Å². The Labute approximate surface area is 259 Å². The molecule has 1 saturated heterocycles. The molecule has 0 bridgehead atoms. The fourth-order valence-electron chi connectivity index (χ4n) is 6.31. The minimum Gasteiger partial charge on any atom is -0.507 e. The summed E-state index contributed by atoms with van der Waals surface area (Å²) in [6.45, 7) is 16.1. The second-order valence-corrected chi connectivity index (χ2v) is 14.6. The van der Waals surface area contributed by atoms with E-state index >= 15 is 0 Å². The number of aliphatic imine (C=N–C) groups is 2. The van der Waals surface area contributed by atoms with Gasteiger partial charge in [-0.15, -0.1) is 0 Å². The van der Waals surface area contributed by atoms with Crippen molar-refractivity contribution in [2.45, 2.75) is 122 Å². The number of aromatic hydroxyl groups is 2. The highest BCUT2D eigenvalue weighted by Gasteiger charge is 2.28. The maximum Gasteiger partial charge on any atom is 0.133 e. The average Bonchev–Trinajstić information content (AvgIpc) is 3.38. The first kappa shape index (κ1) is 33.2. The van der Waals surface area contributed by atoms with Gasteiger partial charge < -0.3 is 20.7 Å². The third-order valence-electron chi connectivity index (χ3n) is 9.17. The van der Waals surface area contributed by atoms with Crippen LogP contribution >= 0.6 is 0 Å². The van der Waals surface area contributed by atoms with Crippen LogP contribution in [-0.2, 0) is 28.7 Å². The molecule has 4 rings (SSSR count). The molecule has 1 aliphatic carbocycles. The summed E-state index contributed by atoms with van der Waals surface area (Å²) in [4.78, 5) is 12.5. The van der Waals surface area contributed by atoms with Gasteiger partial charge in [-0.3, -0.25) is 14.9 Å². The molecule has 2 aliphatic rings. The van der Waals surface area contributed by atoms with Crippen molar-refractivity contribution in [1.29, 1.82) is 0 Å². The number of hydrogen-bond acceptors (Lipinski definition) is 6. The van der Waals surface area contributed by atoms with Gasteiger partial charge in [0, 0.05) is 54.4 Å². The van der Waals surface area contributed by atoms with Crippen LogP contribution in [0.15, 0.2) is 34.3 Å². The summed E-state index contributed by atoms with van der Waals surface area (Å²) in [5.74, 6) is 0.588. The lowest BCUT2D eigenvalue weighted by Gasteiger charge is -2.27. The first-order valence-corrected chi connectivity index (χ1v) is 16.1. The molecule has 0 aromatic heterocycles. The van der Waals surface area contributed by atoms with Crippen molar-refractivity contribution < 1.29 is 20.7 Å². The molecule has 3 atom stereocenters. The van der Waals surface area contributed by atoms with Crippen molar-refractivity contribution in [3.05, 3.63) is 57.6 Å². The summed E-state index contributed by atoms with van der Waals surface area (Å²) in [6, 6.07) is 8.80. The standard InChI is InChI=1S/C36H54N4O3/c1-35(2,3)28-15-24(19-37)33(41)25(16-28)20-38-31-12-8-9-13-32(31)39-21-26-17-29(36(4,5)6)18-27(34(26)42)22-40-14-10-11-30(40)23-43-7/h15-18,20-21,30-32,41-42H,8-14,19,22-23,37H2,1-7H3/p+1/t30-,31+,32+/m0/s1. The quantitative estimate of drug-likeness (QED) is 0.316. The number of nitrogens with zero attached hydrogens (tertiary/aromatic N) is 3. The monoisotopic (exact) mass is 591 g/mol. The van der Waals surface area contributed by atoms with Crippen LogP contribution in [0.3, 0.4) is 0 Å². The third kappa shape index (κ3) is 8.25. The van der Waals surface area contributed by atoms with Crippen LogP contribution in [0.4, 0.5) is 0 Å². The lowest BCUT2D eigenvalue weighted by Crippen LogP contribution is -2.47. The summed E-state index contributed by atoms with van der Waals surface area (Å²) < 4.78 is 5.47. The lowest BCUT2D eigenvalue weighted by molar-refractivity contribution is -0.386. The molecule has 236 valence electrons. The fourth-order valence-corrected chi connectivity index (χ4v) is 6.31. The maximum atomic E-state index is 11.5. The Hall–Kier alpha value is -2.74. The molecule has 1 aliphatic heterocycles. The molecular formula is C36H55N4O3+. The van der Waals surface area contributed by atoms with Crippen LogP contribution in [0.2, 0.25) is 0 Å². The summed E-state index contributed by atoms with van der Waals surface area (Å²) in [5, 5.41) is 22.4. The van der Waals surface area contributed by atoms with Crippen molar-refractivity contribution in [2.24, 2.45) is 9.98 Å². The van der Waals surface area contributed by atoms with E-state index in [-0.39, 0.29) is 28.7 Å². The van der Waals surface area contributed by atoms with E-state index < -0.39 is 0 Å². The van der Waals surface area contributed by atoms with E-state index in [1.54, 1.807) is 7.11 Å². The van der Waals surface area contributed by atoms with E-state index in [0.29, 0.717) is 31.5 Å². The summed E-state index contributed by atoms with van der Waals surface area (Å²) >= 11 is 0. The zero-order valence-corrected chi connectivity index (χ0v) is 27.6. The van der Waals surface area contributed by atoms with Gasteiger partial charge in [0.2, 0.25) is 0 Å². The molecule has 0 unspecified atom stereocenters. The minimum atomic E-state index is -0.0594. The maximum absolute atomic E-state index is 11.5. The fraction of sp³-hybridized carbons (Fsp3) is 0.611. The van der Waals surface area contributed by atoms with Crippen LogP contribution < -0.4 is 5.73 Å². The molecule has 1 saturated carbocycles. The van der Waals surface area contributed by atoms with E-state index in [0.717, 1.165) is 72.9 Å². The number of phenols is 2. The molecule has 7 nitrogen and oxygen atoms in total. The Morgan fingerprint density at radius 3 is 1.81 bits per heavy atom. The van der Waals surface area contributed by atoms with Gasteiger partial charge in [0.1, 0.15) is 18.0 Å². The predicted octanol–water partition coefficient (Wildman–Crippen LogP) is 5.89. The first-order valence-electron chi connectivity index (χ1n) is 16.1. The Balaban J connectivity index is 1.61. The second-order valence-electron chi connectivity index (χ2n) is 14.6. The highest BCUT2D eigenvalue weighted by Crippen LogP contribution is 2.34. The summed E-state index contributed by atoms with van der Waals surface area (Å²) in [6.07, 6.45) is 10.1. The number of ether oxygens (including phenoxy) is 1. The van der Waals surface area contributed by atoms with E-state index in [1.807, 2.05) is 18.5 Å². The number of hydrogen-bond donors (Lipinski definition) is 3. The van der Waals surface area contributed by atoms with Crippen LogP contribution in [0, 0.1) is 0 Å². The molecule has 5 N–H and O–H groups in total. The Kier molecular flexibility index (Phi) is 10.7. The van der Waals surface area contributed by atoms with Crippen molar-refractivity contribution in [3.8, 4) is 11.5 Å². The zero-order chi connectivity index (χ0) is 31.4. The van der Waals surface area contributed by atoms with Gasteiger partial charge in [-0.1, -0.05) is 60.5 Å². The van der Waals surface area contributed by atoms with E-state index in [1.165, 1.54) is 5.56 Å². The molecule has 0 spiro atoms. The number of methoxy groups -OCH3 is 1. The number of benzene rings is 2. The molecule has 7 heteroatoms. The lowest BCUT2D eigenvalue weighted by atomic mass is 9.84. The van der Waals surface area contributed by atoms with Gasteiger partial charge in [-0.25, -0.2) is 0 Å². The number of quaternary nitrogens is 1. The Morgan fingerprint density at radius 1 is 0.814 bits per heavy atom. The molecule has 2 fully saturated rings. The first-order chi connectivity index (χ1) is 20.3. The molecule has 2 aromatic carbocycles. The van der Waals surface area contributed by atoms with Crippen LogP contribution in [0.25, 0.3) is 0 Å². The smallest absolute Gasteiger partial charge is 0.133 e. The van der Waals surface area contributed by atoms with Crippen LogP contribution in [-0.4, -0.2) is 65.9 Å². The number of likely N-dealkylation sites (tertiary alicyclic amines) is 1. The largest absolute Gasteiger partial charge is 0.507 e. The van der Waals surface area contributed by atoms with Crippen LogP contribution in [0.1, 0.15) is 113 Å². The van der Waals surface area contributed by atoms with Gasteiger partial charge >= 0.3 is 0 Å². The van der Waals surface area contributed by atoms with E-state index in [2.05, 4.69) is 70.4 Å². The highest BCUT2D eigenvalue weighted by molar-refractivity contribution is 5.86. The minimum absolute atomic E-state index is 0.0241. The molecular weight excluding hydrogens is 536 g/mol. The van der Waals surface area contributed by atoms with Crippen molar-refractivity contribution in [2.75, 3.05) is 20.3 Å². The van der Waals surface area contributed by atoms with E-state index in [9.17, 15) is 10.2 Å². The van der Waals surface area contributed by atoms with Crippen molar-refractivity contribution in [3.63, 3.8) is 0 Å². The summed E-state index contributed by atoms with van der Waals surface area (Å²) in [5.41, 5.74) is 9.59. The third-order valence-corrected chi connectivity index (χ3v) is 9.17. The molecule has 43 heavy (non-hydrogen) atoms. The SMILES string of the molecule is COC[C@@H]1CCCN1Cc1cc(C(C)(C)C)cc(C=N[C@@H]2CCCC[C@H]2N=Cc2cc(C(C)(C)C)cc(C[NH3+])c2O)c1O. The molecule has 1 heterocycles. The van der Waals surface area contributed by atoms with Gasteiger partial charge in [0.15, 0.2) is 0 Å². The zero-order valence-electron chi connectivity index (χ0n) is 27.6. The Bertz CT molecular complexity index is 1310. The molecule has 0 amide bonds. The van der Waals surface area contributed by atoms with Gasteiger partial charge in [0.25, 0.3) is 0 Å². The van der Waals surface area contributed by atoms with E-state index in [4.69, 9.17) is 14.7 Å². The topological polar surface area (TPSA) is 105 Å². The molecule has 2 aromatic rings. The van der Waals surface area contributed by atoms with Gasteiger partial charge in [-0.05, 0) is 72.4 Å². The van der Waals surface area contributed by atoms with Gasteiger partial charge in [0.05, 0.1) is 18.7 Å². The predicted molar refractivity (Wildman–Crippen MR) is 177 cm³/mol. The Morgan fingerprint density at radius 2 is 1.33 bits per heavy atom. The van der Waals surface area contributed by atoms with Crippen molar-refractivity contribution in [1.82, 2.24) is 4.90 Å². The number of phenolic OH excluding ortho intramolecular Hbond substituents is 2. The molecule has 0 radical (unpaired) electrons. The second kappa shape index (κ2) is 13.9. The highest BCUT2D eigenvalue weighted by atomic mass is 16.5. The average molecular weight is 592 g/mol. The van der Waals surface area contributed by atoms with Gasteiger partial charge in [-0.2, -0.15) is 0 Å². The summed E-state index contributed by atoms with van der Waals surface area (Å²) in [7, 11) is 1.76. The normalized spacial score (nSPS) is 22.3. The van der Waals surface area contributed by atoms with Crippen molar-refractivity contribution >= 4 is 12.4 Å². The number of rotatable bonds is 9.